The Hall–Kier alpha value is -1.30. The van der Waals surface area contributed by atoms with Gasteiger partial charge in [-0.3, -0.25) is 9.88 Å². The maximum atomic E-state index is 12.6. The van der Waals surface area contributed by atoms with Gasteiger partial charge < -0.3 is 4.74 Å². The third-order valence-corrected chi connectivity index (χ3v) is 4.34. The van der Waals surface area contributed by atoms with Gasteiger partial charge in [-0.05, 0) is 44.8 Å². The molecule has 2 saturated heterocycles. The van der Waals surface area contributed by atoms with Crippen LogP contribution in [0.25, 0.3) is 0 Å². The van der Waals surface area contributed by atoms with Crippen LogP contribution in [0.1, 0.15) is 31.4 Å². The van der Waals surface area contributed by atoms with E-state index in [0.29, 0.717) is 6.61 Å². The molecule has 0 saturated carbocycles. The predicted octanol–water partition coefficient (Wildman–Crippen LogP) is 3.11. The number of pyridine rings is 1. The van der Waals surface area contributed by atoms with Crippen LogP contribution in [0.2, 0.25) is 0 Å². The van der Waals surface area contributed by atoms with E-state index < -0.39 is 11.9 Å². The number of nitrogens with zero attached hydrogens (tertiary/aromatic N) is 2. The highest BCUT2D eigenvalue weighted by atomic mass is 19.4. The molecule has 0 N–H and O–H groups in total. The Bertz CT molecular complexity index is 480. The van der Waals surface area contributed by atoms with Crippen LogP contribution in [0.15, 0.2) is 18.3 Å². The Morgan fingerprint density at radius 2 is 1.95 bits per heavy atom. The molecule has 0 radical (unpaired) electrons. The van der Waals surface area contributed by atoms with Crippen molar-refractivity contribution in [3.63, 3.8) is 0 Å². The van der Waals surface area contributed by atoms with Gasteiger partial charge in [-0.1, -0.05) is 0 Å². The van der Waals surface area contributed by atoms with Crippen molar-refractivity contribution >= 4 is 0 Å². The van der Waals surface area contributed by atoms with Crippen LogP contribution < -0.4 is 4.74 Å². The topological polar surface area (TPSA) is 25.4 Å². The van der Waals surface area contributed by atoms with E-state index in [-0.39, 0.29) is 11.3 Å². The van der Waals surface area contributed by atoms with Gasteiger partial charge in [0.1, 0.15) is 18.1 Å². The SMILES string of the molecule is FC(F)(F)c1cc(OCC23CCCN2CCC3)ccn1. The van der Waals surface area contributed by atoms with Crippen molar-refractivity contribution in [3.8, 4) is 5.75 Å². The van der Waals surface area contributed by atoms with Gasteiger partial charge in [0.25, 0.3) is 0 Å². The standard InChI is InChI=1S/C14H17F3N2O/c15-14(16,17)12-9-11(3-6-18-12)20-10-13-4-1-7-19(13)8-2-5-13/h3,6,9H,1-2,4-5,7-8,10H2. The van der Waals surface area contributed by atoms with Crippen molar-refractivity contribution in [2.45, 2.75) is 37.4 Å². The van der Waals surface area contributed by atoms with Crippen LogP contribution in [0.4, 0.5) is 13.2 Å². The number of hydrogen-bond donors (Lipinski definition) is 0. The largest absolute Gasteiger partial charge is 0.492 e. The average Bonchev–Trinajstić information content (AvgIpc) is 2.95. The van der Waals surface area contributed by atoms with E-state index in [9.17, 15) is 13.2 Å². The summed E-state index contributed by atoms with van der Waals surface area (Å²) in [4.78, 5) is 5.76. The Labute approximate surface area is 115 Å². The van der Waals surface area contributed by atoms with Crippen molar-refractivity contribution in [1.29, 1.82) is 0 Å². The lowest BCUT2D eigenvalue weighted by Gasteiger charge is -2.31. The third kappa shape index (κ3) is 2.49. The molecule has 3 rings (SSSR count). The number of alkyl halides is 3. The summed E-state index contributed by atoms with van der Waals surface area (Å²) in [7, 11) is 0. The molecule has 0 aromatic carbocycles. The monoisotopic (exact) mass is 286 g/mol. The van der Waals surface area contributed by atoms with Crippen LogP contribution >= 0.6 is 0 Å². The number of halogens is 3. The molecular weight excluding hydrogens is 269 g/mol. The van der Waals surface area contributed by atoms with Crippen LogP contribution in [0.5, 0.6) is 5.75 Å². The zero-order chi connectivity index (χ0) is 14.2. The summed E-state index contributed by atoms with van der Waals surface area (Å²) in [5.74, 6) is 0.250. The van der Waals surface area contributed by atoms with Gasteiger partial charge in [-0.2, -0.15) is 13.2 Å². The molecule has 0 atom stereocenters. The number of rotatable bonds is 3. The maximum Gasteiger partial charge on any atom is 0.433 e. The second kappa shape index (κ2) is 4.91. The van der Waals surface area contributed by atoms with Crippen molar-refractivity contribution in [2.24, 2.45) is 0 Å². The second-order valence-electron chi connectivity index (χ2n) is 5.58. The number of fused-ring (bicyclic) bond motifs is 1. The van der Waals surface area contributed by atoms with Gasteiger partial charge >= 0.3 is 6.18 Å². The second-order valence-corrected chi connectivity index (χ2v) is 5.58. The van der Waals surface area contributed by atoms with Crippen LogP contribution in [-0.2, 0) is 6.18 Å². The molecule has 1 aromatic heterocycles. The summed E-state index contributed by atoms with van der Waals surface area (Å²) >= 11 is 0. The van der Waals surface area contributed by atoms with Crippen LogP contribution in [0.3, 0.4) is 0 Å². The molecule has 0 amide bonds. The molecule has 2 aliphatic heterocycles. The predicted molar refractivity (Wildman–Crippen MR) is 67.5 cm³/mol. The molecule has 110 valence electrons. The Morgan fingerprint density at radius 3 is 2.60 bits per heavy atom. The summed E-state index contributed by atoms with van der Waals surface area (Å²) in [5, 5.41) is 0. The molecule has 6 heteroatoms. The van der Waals surface area contributed by atoms with Crippen molar-refractivity contribution in [1.82, 2.24) is 9.88 Å². The normalized spacial score (nSPS) is 21.9. The summed E-state index contributed by atoms with van der Waals surface area (Å²) in [6, 6.07) is 2.46. The van der Waals surface area contributed by atoms with E-state index in [2.05, 4.69) is 9.88 Å². The molecular formula is C14H17F3N2O. The third-order valence-electron chi connectivity index (χ3n) is 4.34. The highest BCUT2D eigenvalue weighted by Crippen LogP contribution is 2.39. The molecule has 3 nitrogen and oxygen atoms in total. The van der Waals surface area contributed by atoms with Gasteiger partial charge in [-0.15, -0.1) is 0 Å². The molecule has 2 fully saturated rings. The Kier molecular flexibility index (Phi) is 3.36. The van der Waals surface area contributed by atoms with Gasteiger partial charge in [0.2, 0.25) is 0 Å². The quantitative estimate of drug-likeness (QED) is 0.853. The lowest BCUT2D eigenvalue weighted by molar-refractivity contribution is -0.141. The van der Waals surface area contributed by atoms with E-state index in [1.807, 2.05) is 0 Å². The van der Waals surface area contributed by atoms with Crippen LogP contribution in [0, 0.1) is 0 Å². The Balaban J connectivity index is 1.70. The van der Waals surface area contributed by atoms with Gasteiger partial charge in [0.05, 0.1) is 5.54 Å². The summed E-state index contributed by atoms with van der Waals surface area (Å²) in [6.45, 7) is 2.62. The van der Waals surface area contributed by atoms with Crippen molar-refractivity contribution < 1.29 is 17.9 Å². The highest BCUT2D eigenvalue weighted by molar-refractivity contribution is 5.24. The molecule has 3 heterocycles. The number of aromatic nitrogens is 1. The molecule has 0 aliphatic carbocycles. The molecule has 0 spiro atoms. The minimum absolute atomic E-state index is 0.0433. The highest BCUT2D eigenvalue weighted by Gasteiger charge is 2.44. The smallest absolute Gasteiger partial charge is 0.433 e. The minimum atomic E-state index is -4.43. The van der Waals surface area contributed by atoms with E-state index in [0.717, 1.165) is 51.0 Å². The lowest BCUT2D eigenvalue weighted by Crippen LogP contribution is -2.43. The first-order chi connectivity index (χ1) is 9.50. The molecule has 20 heavy (non-hydrogen) atoms. The zero-order valence-electron chi connectivity index (χ0n) is 11.1. The van der Waals surface area contributed by atoms with Crippen molar-refractivity contribution in [3.05, 3.63) is 24.0 Å². The average molecular weight is 286 g/mol. The first kappa shape index (κ1) is 13.7. The van der Waals surface area contributed by atoms with Crippen molar-refractivity contribution in [2.75, 3.05) is 19.7 Å². The van der Waals surface area contributed by atoms with Gasteiger partial charge in [-0.25, -0.2) is 0 Å². The molecule has 0 unspecified atom stereocenters. The van der Waals surface area contributed by atoms with E-state index in [4.69, 9.17) is 4.74 Å². The molecule has 2 aliphatic rings. The number of hydrogen-bond acceptors (Lipinski definition) is 3. The first-order valence-corrected chi connectivity index (χ1v) is 6.91. The first-order valence-electron chi connectivity index (χ1n) is 6.91. The van der Waals surface area contributed by atoms with E-state index >= 15 is 0 Å². The van der Waals surface area contributed by atoms with E-state index in [1.54, 1.807) is 0 Å². The minimum Gasteiger partial charge on any atom is -0.492 e. The summed E-state index contributed by atoms with van der Waals surface area (Å²) < 4.78 is 43.4. The maximum absolute atomic E-state index is 12.6. The fraction of sp³-hybridized carbons (Fsp3) is 0.643. The fourth-order valence-corrected chi connectivity index (χ4v) is 3.33. The Morgan fingerprint density at radius 1 is 1.25 bits per heavy atom. The van der Waals surface area contributed by atoms with Crippen LogP contribution in [-0.4, -0.2) is 35.1 Å². The summed E-state index contributed by atoms with van der Waals surface area (Å²) in [5.41, 5.74) is -0.857. The van der Waals surface area contributed by atoms with Gasteiger partial charge in [0, 0.05) is 12.3 Å². The number of ether oxygens (including phenoxy) is 1. The lowest BCUT2D eigenvalue weighted by atomic mass is 9.95. The van der Waals surface area contributed by atoms with Gasteiger partial charge in [0.15, 0.2) is 0 Å². The zero-order valence-corrected chi connectivity index (χ0v) is 11.1. The molecule has 1 aromatic rings. The molecule has 0 bridgehead atoms. The fourth-order valence-electron chi connectivity index (χ4n) is 3.33. The van der Waals surface area contributed by atoms with E-state index in [1.165, 1.54) is 6.07 Å². The summed E-state index contributed by atoms with van der Waals surface area (Å²) in [6.07, 6.45) is 1.16.